The molecule has 1 fully saturated rings. The zero-order valence-corrected chi connectivity index (χ0v) is 6.64. The summed E-state index contributed by atoms with van der Waals surface area (Å²) in [4.78, 5) is 0. The molecule has 0 aromatic carbocycles. The molecule has 1 aliphatic rings. The minimum atomic E-state index is 0.579. The van der Waals surface area contributed by atoms with Crippen LogP contribution in [-0.4, -0.2) is 20.2 Å². The lowest BCUT2D eigenvalue weighted by Gasteiger charge is -2.33. The molecule has 0 unspecified atom stereocenters. The molecule has 1 heterocycles. The third kappa shape index (κ3) is 1.13. The summed E-state index contributed by atoms with van der Waals surface area (Å²) in [6, 6.07) is 0.579. The van der Waals surface area contributed by atoms with Crippen LogP contribution in [0, 0.1) is 5.92 Å². The number of hydrogen-bond acceptors (Lipinski definition) is 3. The van der Waals surface area contributed by atoms with Gasteiger partial charge in [-0.05, 0) is 29.2 Å². The van der Waals surface area contributed by atoms with Crippen molar-refractivity contribution < 1.29 is 0 Å². The van der Waals surface area contributed by atoms with Gasteiger partial charge in [0.05, 0.1) is 6.04 Å². The maximum absolute atomic E-state index is 3.86. The van der Waals surface area contributed by atoms with Crippen LogP contribution in [0.2, 0.25) is 0 Å². The summed E-state index contributed by atoms with van der Waals surface area (Å²) < 4.78 is 1.87. The van der Waals surface area contributed by atoms with Crippen LogP contribution in [0.3, 0.4) is 0 Å². The van der Waals surface area contributed by atoms with Gasteiger partial charge >= 0.3 is 0 Å². The summed E-state index contributed by atoms with van der Waals surface area (Å²) in [5, 5.41) is 11.1. The SMILES string of the molecule is CCC1CC(n2cnnn2)C1. The van der Waals surface area contributed by atoms with Gasteiger partial charge in [-0.3, -0.25) is 0 Å². The second-order valence-electron chi connectivity index (χ2n) is 3.19. The van der Waals surface area contributed by atoms with Crippen molar-refractivity contribution in [2.45, 2.75) is 32.2 Å². The Labute approximate surface area is 65.6 Å². The van der Waals surface area contributed by atoms with E-state index in [1.54, 1.807) is 6.33 Å². The van der Waals surface area contributed by atoms with Crippen LogP contribution < -0.4 is 0 Å². The average Bonchev–Trinajstić information content (AvgIpc) is 2.37. The zero-order valence-electron chi connectivity index (χ0n) is 6.64. The molecule has 1 aromatic heterocycles. The van der Waals surface area contributed by atoms with Crippen molar-refractivity contribution in [2.24, 2.45) is 5.92 Å². The van der Waals surface area contributed by atoms with Crippen LogP contribution in [0.25, 0.3) is 0 Å². The quantitative estimate of drug-likeness (QED) is 0.635. The molecule has 0 amide bonds. The second kappa shape index (κ2) is 2.60. The number of hydrogen-bond donors (Lipinski definition) is 0. The molecule has 60 valence electrons. The number of rotatable bonds is 2. The van der Waals surface area contributed by atoms with Gasteiger partial charge in [0.1, 0.15) is 6.33 Å². The number of tetrazole rings is 1. The van der Waals surface area contributed by atoms with Crippen LogP contribution in [0.5, 0.6) is 0 Å². The van der Waals surface area contributed by atoms with Crippen LogP contribution in [0.4, 0.5) is 0 Å². The number of aromatic nitrogens is 4. The third-order valence-corrected chi connectivity index (χ3v) is 2.53. The molecule has 11 heavy (non-hydrogen) atoms. The molecule has 1 saturated carbocycles. The Balaban J connectivity index is 1.92. The highest BCUT2D eigenvalue weighted by Crippen LogP contribution is 2.38. The van der Waals surface area contributed by atoms with Gasteiger partial charge in [0, 0.05) is 0 Å². The first-order valence-corrected chi connectivity index (χ1v) is 4.12. The molecule has 1 aliphatic carbocycles. The normalized spacial score (nSPS) is 29.9. The summed E-state index contributed by atoms with van der Waals surface area (Å²) in [5.74, 6) is 0.907. The Kier molecular flexibility index (Phi) is 1.60. The lowest BCUT2D eigenvalue weighted by atomic mass is 9.79. The Morgan fingerprint density at radius 2 is 2.36 bits per heavy atom. The Morgan fingerprint density at radius 3 is 2.91 bits per heavy atom. The standard InChI is InChI=1S/C7H12N4/c1-2-6-3-7(4-6)11-5-8-9-10-11/h5-7H,2-4H2,1H3. The van der Waals surface area contributed by atoms with E-state index in [1.165, 1.54) is 19.3 Å². The van der Waals surface area contributed by atoms with Gasteiger partial charge in [0.2, 0.25) is 0 Å². The molecule has 4 nitrogen and oxygen atoms in total. The van der Waals surface area contributed by atoms with Crippen molar-refractivity contribution in [3.63, 3.8) is 0 Å². The summed E-state index contributed by atoms with van der Waals surface area (Å²) >= 11 is 0. The molecule has 0 N–H and O–H groups in total. The first-order chi connectivity index (χ1) is 5.40. The Hall–Kier alpha value is -0.930. The van der Waals surface area contributed by atoms with Crippen LogP contribution >= 0.6 is 0 Å². The average molecular weight is 152 g/mol. The van der Waals surface area contributed by atoms with Gasteiger partial charge in [-0.25, -0.2) is 4.68 Å². The highest BCUT2D eigenvalue weighted by atomic mass is 15.5. The first kappa shape index (κ1) is 6.76. The van der Waals surface area contributed by atoms with Crippen molar-refractivity contribution in [2.75, 3.05) is 0 Å². The molecule has 1 aromatic rings. The van der Waals surface area contributed by atoms with Crippen molar-refractivity contribution >= 4 is 0 Å². The zero-order chi connectivity index (χ0) is 7.68. The minimum Gasteiger partial charge on any atom is -0.229 e. The van der Waals surface area contributed by atoms with E-state index in [2.05, 4.69) is 22.4 Å². The Bertz CT molecular complexity index is 212. The van der Waals surface area contributed by atoms with E-state index >= 15 is 0 Å². The first-order valence-electron chi connectivity index (χ1n) is 4.12. The summed E-state index contributed by atoms with van der Waals surface area (Å²) in [6.07, 6.45) is 5.50. The van der Waals surface area contributed by atoms with Crippen LogP contribution in [0.15, 0.2) is 6.33 Å². The maximum atomic E-state index is 3.86. The Morgan fingerprint density at radius 1 is 1.55 bits per heavy atom. The fourth-order valence-corrected chi connectivity index (χ4v) is 1.59. The molecule has 0 radical (unpaired) electrons. The van der Waals surface area contributed by atoms with Gasteiger partial charge in [0.25, 0.3) is 0 Å². The molecule has 2 rings (SSSR count). The molecule has 0 spiro atoms. The lowest BCUT2D eigenvalue weighted by molar-refractivity contribution is 0.176. The van der Waals surface area contributed by atoms with E-state index in [4.69, 9.17) is 0 Å². The lowest BCUT2D eigenvalue weighted by Crippen LogP contribution is -2.26. The van der Waals surface area contributed by atoms with Gasteiger partial charge < -0.3 is 0 Å². The van der Waals surface area contributed by atoms with Crippen LogP contribution in [-0.2, 0) is 0 Å². The fraction of sp³-hybridized carbons (Fsp3) is 0.857. The topological polar surface area (TPSA) is 43.6 Å². The van der Waals surface area contributed by atoms with Crippen molar-refractivity contribution in [1.29, 1.82) is 0 Å². The molecule has 4 heteroatoms. The molecular formula is C7H12N4. The highest BCUT2D eigenvalue weighted by Gasteiger charge is 2.29. The summed E-state index contributed by atoms with van der Waals surface area (Å²) in [5.41, 5.74) is 0. The van der Waals surface area contributed by atoms with Crippen molar-refractivity contribution in [1.82, 2.24) is 20.2 Å². The minimum absolute atomic E-state index is 0.579. The monoisotopic (exact) mass is 152 g/mol. The summed E-state index contributed by atoms with van der Waals surface area (Å²) in [6.45, 7) is 2.24. The van der Waals surface area contributed by atoms with Gasteiger partial charge in [0.15, 0.2) is 0 Å². The van der Waals surface area contributed by atoms with E-state index in [9.17, 15) is 0 Å². The largest absolute Gasteiger partial charge is 0.229 e. The van der Waals surface area contributed by atoms with Gasteiger partial charge in [-0.1, -0.05) is 13.3 Å². The van der Waals surface area contributed by atoms with E-state index in [0.717, 1.165) is 5.92 Å². The number of nitrogens with zero attached hydrogens (tertiary/aromatic N) is 4. The predicted molar refractivity (Wildman–Crippen MR) is 39.9 cm³/mol. The third-order valence-electron chi connectivity index (χ3n) is 2.53. The van der Waals surface area contributed by atoms with E-state index in [-0.39, 0.29) is 0 Å². The summed E-state index contributed by atoms with van der Waals surface area (Å²) in [7, 11) is 0. The smallest absolute Gasteiger partial charge is 0.138 e. The van der Waals surface area contributed by atoms with Gasteiger partial charge in [-0.15, -0.1) is 5.10 Å². The second-order valence-corrected chi connectivity index (χ2v) is 3.19. The van der Waals surface area contributed by atoms with Gasteiger partial charge in [-0.2, -0.15) is 0 Å². The maximum Gasteiger partial charge on any atom is 0.138 e. The van der Waals surface area contributed by atoms with E-state index in [1.807, 2.05) is 4.68 Å². The van der Waals surface area contributed by atoms with Crippen molar-refractivity contribution in [3.8, 4) is 0 Å². The highest BCUT2D eigenvalue weighted by molar-refractivity contribution is 4.81. The molecule has 0 aliphatic heterocycles. The fourth-order valence-electron chi connectivity index (χ4n) is 1.59. The van der Waals surface area contributed by atoms with E-state index in [0.29, 0.717) is 6.04 Å². The van der Waals surface area contributed by atoms with E-state index < -0.39 is 0 Å². The molecule has 0 atom stereocenters. The molecule has 0 saturated heterocycles. The molecular weight excluding hydrogens is 140 g/mol. The predicted octanol–water partition coefficient (Wildman–Crippen LogP) is 1.03. The van der Waals surface area contributed by atoms with Crippen molar-refractivity contribution in [3.05, 3.63) is 6.33 Å². The molecule has 0 bridgehead atoms. The van der Waals surface area contributed by atoms with Crippen LogP contribution in [0.1, 0.15) is 32.2 Å².